The Morgan fingerprint density at radius 3 is 2.65 bits per heavy atom. The van der Waals surface area contributed by atoms with Gasteiger partial charge in [-0.05, 0) is 39.4 Å². The lowest BCUT2D eigenvalue weighted by molar-refractivity contribution is -0.129. The monoisotopic (exact) mass is 280 g/mol. The van der Waals surface area contributed by atoms with E-state index in [1.165, 1.54) is 12.8 Å². The standard InChI is InChI=1S/C12H24N2OS.ClH/c1-12(2,8-13)11(15)14-9-5-4-6-10(7-9)16-3;/h9-10H,4-8,13H2,1-3H3,(H,14,15);1H. The average Bonchev–Trinajstić information content (AvgIpc) is 2.29. The van der Waals surface area contributed by atoms with E-state index in [4.69, 9.17) is 5.73 Å². The zero-order valence-corrected chi connectivity index (χ0v) is 12.6. The topological polar surface area (TPSA) is 55.1 Å². The van der Waals surface area contributed by atoms with Crippen molar-refractivity contribution in [2.75, 3.05) is 12.8 Å². The fraction of sp³-hybridized carbons (Fsp3) is 0.917. The van der Waals surface area contributed by atoms with Gasteiger partial charge in [0.2, 0.25) is 5.91 Å². The molecule has 1 saturated carbocycles. The maximum atomic E-state index is 12.0. The number of rotatable bonds is 4. The third kappa shape index (κ3) is 5.06. The van der Waals surface area contributed by atoms with Gasteiger partial charge in [-0.25, -0.2) is 0 Å². The minimum atomic E-state index is -0.438. The predicted octanol–water partition coefficient (Wildman–Crippen LogP) is 2.18. The van der Waals surface area contributed by atoms with Crippen LogP contribution in [0.15, 0.2) is 0 Å². The van der Waals surface area contributed by atoms with E-state index in [0.29, 0.717) is 17.8 Å². The summed E-state index contributed by atoms with van der Waals surface area (Å²) >= 11 is 1.91. The first-order valence-electron chi connectivity index (χ1n) is 6.03. The molecule has 1 fully saturated rings. The van der Waals surface area contributed by atoms with Crippen LogP contribution < -0.4 is 11.1 Å². The van der Waals surface area contributed by atoms with Crippen molar-refractivity contribution in [2.45, 2.75) is 50.8 Å². The molecule has 2 unspecified atom stereocenters. The van der Waals surface area contributed by atoms with Gasteiger partial charge in [-0.2, -0.15) is 11.8 Å². The molecule has 0 aromatic carbocycles. The number of thioether (sulfide) groups is 1. The highest BCUT2D eigenvalue weighted by atomic mass is 35.5. The summed E-state index contributed by atoms with van der Waals surface area (Å²) in [5.74, 6) is 0.0988. The van der Waals surface area contributed by atoms with Gasteiger partial charge in [-0.3, -0.25) is 4.79 Å². The van der Waals surface area contributed by atoms with Crippen LogP contribution in [0.5, 0.6) is 0 Å². The van der Waals surface area contributed by atoms with Gasteiger partial charge in [0.05, 0.1) is 5.41 Å². The number of hydrogen-bond acceptors (Lipinski definition) is 3. The quantitative estimate of drug-likeness (QED) is 0.830. The van der Waals surface area contributed by atoms with Gasteiger partial charge in [-0.1, -0.05) is 6.42 Å². The summed E-state index contributed by atoms with van der Waals surface area (Å²) in [4.78, 5) is 12.0. The molecule has 3 nitrogen and oxygen atoms in total. The van der Waals surface area contributed by atoms with Crippen LogP contribution in [0.1, 0.15) is 39.5 Å². The molecule has 17 heavy (non-hydrogen) atoms. The molecule has 0 bridgehead atoms. The van der Waals surface area contributed by atoms with Crippen LogP contribution in [0, 0.1) is 5.41 Å². The van der Waals surface area contributed by atoms with E-state index in [1.807, 2.05) is 25.6 Å². The van der Waals surface area contributed by atoms with Gasteiger partial charge in [0.15, 0.2) is 0 Å². The van der Waals surface area contributed by atoms with E-state index < -0.39 is 5.41 Å². The fourth-order valence-electron chi connectivity index (χ4n) is 1.96. The summed E-state index contributed by atoms with van der Waals surface area (Å²) in [6.45, 7) is 4.20. The zero-order chi connectivity index (χ0) is 12.2. The van der Waals surface area contributed by atoms with E-state index in [0.717, 1.165) is 12.8 Å². The summed E-state index contributed by atoms with van der Waals surface area (Å²) in [5.41, 5.74) is 5.16. The van der Waals surface area contributed by atoms with Crippen LogP contribution in [0.2, 0.25) is 0 Å². The van der Waals surface area contributed by atoms with Gasteiger partial charge >= 0.3 is 0 Å². The smallest absolute Gasteiger partial charge is 0.227 e. The van der Waals surface area contributed by atoms with Crippen LogP contribution in [0.3, 0.4) is 0 Å². The minimum absolute atomic E-state index is 0. The largest absolute Gasteiger partial charge is 0.353 e. The van der Waals surface area contributed by atoms with Gasteiger partial charge in [0.25, 0.3) is 0 Å². The van der Waals surface area contributed by atoms with Crippen LogP contribution in [0.4, 0.5) is 0 Å². The zero-order valence-electron chi connectivity index (χ0n) is 11.0. The maximum absolute atomic E-state index is 12.0. The number of amides is 1. The van der Waals surface area contributed by atoms with Crippen LogP contribution >= 0.6 is 24.2 Å². The third-order valence-electron chi connectivity index (χ3n) is 3.42. The van der Waals surface area contributed by atoms with Crippen LogP contribution in [-0.2, 0) is 4.79 Å². The Morgan fingerprint density at radius 1 is 1.47 bits per heavy atom. The van der Waals surface area contributed by atoms with Gasteiger partial charge in [0.1, 0.15) is 0 Å². The van der Waals surface area contributed by atoms with E-state index in [2.05, 4.69) is 11.6 Å². The van der Waals surface area contributed by atoms with Crippen LogP contribution in [0.25, 0.3) is 0 Å². The second kappa shape index (κ2) is 7.49. The summed E-state index contributed by atoms with van der Waals surface area (Å²) in [6.07, 6.45) is 6.88. The number of nitrogens with two attached hydrogens (primary N) is 1. The Morgan fingerprint density at radius 2 is 2.12 bits per heavy atom. The SMILES string of the molecule is CSC1CCCC(NC(=O)C(C)(C)CN)C1.Cl. The molecular formula is C12H25ClN2OS. The Kier molecular flexibility index (Phi) is 7.52. The lowest BCUT2D eigenvalue weighted by Crippen LogP contribution is -2.47. The normalized spacial score (nSPS) is 24.9. The predicted molar refractivity (Wildman–Crippen MR) is 77.8 cm³/mol. The molecule has 1 rings (SSSR count). The van der Waals surface area contributed by atoms with Gasteiger partial charge in [-0.15, -0.1) is 12.4 Å². The van der Waals surface area contributed by atoms with Crippen molar-refractivity contribution in [2.24, 2.45) is 11.1 Å². The average molecular weight is 281 g/mol. The highest BCUT2D eigenvalue weighted by Crippen LogP contribution is 2.27. The second-order valence-electron chi connectivity index (χ2n) is 5.28. The summed E-state index contributed by atoms with van der Waals surface area (Å²) in [5, 5.41) is 3.85. The minimum Gasteiger partial charge on any atom is -0.353 e. The Labute approximate surface area is 115 Å². The number of nitrogens with one attached hydrogen (secondary N) is 1. The Hall–Kier alpha value is 0.0700. The van der Waals surface area contributed by atoms with Crippen LogP contribution in [-0.4, -0.2) is 30.0 Å². The van der Waals surface area contributed by atoms with Crippen molar-refractivity contribution in [3.05, 3.63) is 0 Å². The molecule has 1 aliphatic carbocycles. The highest BCUT2D eigenvalue weighted by Gasteiger charge is 2.29. The molecular weight excluding hydrogens is 256 g/mol. The van der Waals surface area contributed by atoms with Crippen molar-refractivity contribution < 1.29 is 4.79 Å². The molecule has 3 N–H and O–H groups in total. The molecule has 2 atom stereocenters. The first-order chi connectivity index (χ1) is 7.49. The third-order valence-corrected chi connectivity index (χ3v) is 4.51. The molecule has 0 radical (unpaired) electrons. The van der Waals surface area contributed by atoms with Crippen molar-refractivity contribution in [1.29, 1.82) is 0 Å². The Balaban J connectivity index is 0.00000256. The van der Waals surface area contributed by atoms with Crippen molar-refractivity contribution in [1.82, 2.24) is 5.32 Å². The molecule has 5 heteroatoms. The maximum Gasteiger partial charge on any atom is 0.227 e. The molecule has 0 aromatic heterocycles. The highest BCUT2D eigenvalue weighted by molar-refractivity contribution is 7.99. The fourth-order valence-corrected chi connectivity index (χ4v) is 2.79. The molecule has 1 amide bonds. The summed E-state index contributed by atoms with van der Waals surface area (Å²) in [6, 6.07) is 0.351. The number of carbonyl (C=O) groups excluding carboxylic acids is 1. The van der Waals surface area contributed by atoms with Gasteiger partial charge < -0.3 is 11.1 Å². The number of hydrogen-bond donors (Lipinski definition) is 2. The van der Waals surface area contributed by atoms with E-state index >= 15 is 0 Å². The molecule has 102 valence electrons. The van der Waals surface area contributed by atoms with Crippen molar-refractivity contribution in [3.8, 4) is 0 Å². The van der Waals surface area contributed by atoms with E-state index in [-0.39, 0.29) is 18.3 Å². The first-order valence-corrected chi connectivity index (χ1v) is 7.32. The van der Waals surface area contributed by atoms with E-state index in [1.54, 1.807) is 0 Å². The first kappa shape index (κ1) is 17.1. The molecule has 0 saturated heterocycles. The van der Waals surface area contributed by atoms with Crippen molar-refractivity contribution in [3.63, 3.8) is 0 Å². The number of carbonyl (C=O) groups is 1. The van der Waals surface area contributed by atoms with Crippen molar-refractivity contribution >= 4 is 30.1 Å². The molecule has 0 heterocycles. The summed E-state index contributed by atoms with van der Waals surface area (Å²) < 4.78 is 0. The molecule has 0 aromatic rings. The number of halogens is 1. The molecule has 1 aliphatic rings. The van der Waals surface area contributed by atoms with Gasteiger partial charge in [0, 0.05) is 17.8 Å². The lowest BCUT2D eigenvalue weighted by atomic mass is 9.90. The van der Waals surface area contributed by atoms with E-state index in [9.17, 15) is 4.79 Å². The summed E-state index contributed by atoms with van der Waals surface area (Å²) in [7, 11) is 0. The molecule has 0 spiro atoms. The lowest BCUT2D eigenvalue weighted by Gasteiger charge is -2.31. The second-order valence-corrected chi connectivity index (χ2v) is 6.42. The Bertz CT molecular complexity index is 249. The molecule has 0 aliphatic heterocycles.